The van der Waals surface area contributed by atoms with Crippen molar-refractivity contribution in [3.8, 4) is 5.75 Å². The van der Waals surface area contributed by atoms with Crippen LogP contribution in [0, 0.1) is 0 Å². The number of carboxylic acids is 1. The summed E-state index contributed by atoms with van der Waals surface area (Å²) < 4.78 is 5.41. The number of fused-ring (bicyclic) bond motifs is 1. The monoisotopic (exact) mass is 303 g/mol. The third-order valence-corrected chi connectivity index (χ3v) is 4.96. The van der Waals surface area contributed by atoms with E-state index in [2.05, 4.69) is 11.4 Å². The second kappa shape index (κ2) is 5.95. The molecule has 0 radical (unpaired) electrons. The summed E-state index contributed by atoms with van der Waals surface area (Å²) in [6, 6.07) is 11.6. The first-order valence-electron chi connectivity index (χ1n) is 6.87. The number of ether oxygens (including phenoxy) is 1. The van der Waals surface area contributed by atoms with Crippen LogP contribution in [0.2, 0.25) is 0 Å². The maximum Gasteiger partial charge on any atom is 0.320 e. The van der Waals surface area contributed by atoms with Crippen LogP contribution >= 0.6 is 11.8 Å². The third-order valence-electron chi connectivity index (χ3n) is 3.76. The summed E-state index contributed by atoms with van der Waals surface area (Å²) in [4.78, 5) is 11.2. The fourth-order valence-electron chi connectivity index (χ4n) is 2.69. The minimum Gasteiger partial charge on any atom is -0.496 e. The van der Waals surface area contributed by atoms with E-state index < -0.39 is 12.0 Å². The fourth-order valence-corrected chi connectivity index (χ4v) is 3.95. The topological polar surface area (TPSA) is 58.6 Å². The van der Waals surface area contributed by atoms with Crippen molar-refractivity contribution in [3.05, 3.63) is 42.0 Å². The van der Waals surface area contributed by atoms with Crippen molar-refractivity contribution in [2.45, 2.75) is 17.8 Å². The number of carboxylic acid groups (broad SMARTS) is 1. The van der Waals surface area contributed by atoms with Crippen LogP contribution < -0.4 is 10.1 Å². The van der Waals surface area contributed by atoms with E-state index in [9.17, 15) is 9.90 Å². The number of rotatable bonds is 3. The van der Waals surface area contributed by atoms with Gasteiger partial charge >= 0.3 is 5.97 Å². The molecule has 5 heteroatoms. The Morgan fingerprint density at radius 3 is 2.76 bits per heavy atom. The summed E-state index contributed by atoms with van der Waals surface area (Å²) in [5, 5.41) is 14.6. The molecule has 2 N–H and O–H groups in total. The summed E-state index contributed by atoms with van der Waals surface area (Å²) in [6.07, 6.45) is 0.657. The highest BCUT2D eigenvalue weighted by Gasteiger charge is 2.28. The lowest BCUT2D eigenvalue weighted by molar-refractivity contribution is -0.139. The highest BCUT2D eigenvalue weighted by Crippen LogP contribution is 2.38. The molecule has 1 aliphatic rings. The summed E-state index contributed by atoms with van der Waals surface area (Å²) in [6.45, 7) is 0. The van der Waals surface area contributed by atoms with Gasteiger partial charge in [-0.3, -0.25) is 10.1 Å². The standard InChI is InChI=1S/C16H17NO3S/c1-20-14-7-6-12(10-4-2-3-5-11(10)14)15-17-13(16(18)19)8-9-21-15/h2-7,13,15,17H,8-9H2,1H3,(H,18,19). The Hall–Kier alpha value is -1.72. The third kappa shape index (κ3) is 2.71. The quantitative estimate of drug-likeness (QED) is 0.913. The Bertz CT molecular complexity index is 674. The van der Waals surface area contributed by atoms with Crippen LogP contribution in [-0.4, -0.2) is 30.0 Å². The molecule has 21 heavy (non-hydrogen) atoms. The number of aliphatic carboxylic acids is 1. The van der Waals surface area contributed by atoms with Crippen molar-refractivity contribution in [2.75, 3.05) is 12.9 Å². The molecule has 1 heterocycles. The Morgan fingerprint density at radius 1 is 1.29 bits per heavy atom. The highest BCUT2D eigenvalue weighted by molar-refractivity contribution is 7.99. The van der Waals surface area contributed by atoms with Gasteiger partial charge in [0.25, 0.3) is 0 Å². The summed E-state index contributed by atoms with van der Waals surface area (Å²) in [5.41, 5.74) is 1.11. The van der Waals surface area contributed by atoms with Gasteiger partial charge in [-0.05, 0) is 29.2 Å². The smallest absolute Gasteiger partial charge is 0.320 e. The zero-order valence-corrected chi connectivity index (χ0v) is 12.5. The molecule has 0 spiro atoms. The Balaban J connectivity index is 2.02. The first-order chi connectivity index (χ1) is 10.2. The summed E-state index contributed by atoms with van der Waals surface area (Å²) in [7, 11) is 1.66. The molecule has 1 saturated heterocycles. The number of carbonyl (C=O) groups is 1. The van der Waals surface area contributed by atoms with Gasteiger partial charge in [-0.15, -0.1) is 11.8 Å². The maximum absolute atomic E-state index is 11.2. The minimum absolute atomic E-state index is 0.00402. The molecule has 110 valence electrons. The van der Waals surface area contributed by atoms with Gasteiger partial charge in [0.2, 0.25) is 0 Å². The normalized spacial score (nSPS) is 22.1. The molecule has 0 aliphatic carbocycles. The fraction of sp³-hybridized carbons (Fsp3) is 0.312. The number of hydrogen-bond acceptors (Lipinski definition) is 4. The number of benzene rings is 2. The Morgan fingerprint density at radius 2 is 2.05 bits per heavy atom. The molecule has 2 aromatic rings. The predicted octanol–water partition coefficient (Wildman–Crippen LogP) is 3.03. The van der Waals surface area contributed by atoms with E-state index in [4.69, 9.17) is 4.74 Å². The molecular formula is C16H17NO3S. The summed E-state index contributed by atoms with van der Waals surface area (Å²) >= 11 is 1.75. The van der Waals surface area contributed by atoms with Crippen molar-refractivity contribution in [2.24, 2.45) is 0 Å². The Labute approximate surface area is 127 Å². The molecule has 0 amide bonds. The first kappa shape index (κ1) is 14.2. The van der Waals surface area contributed by atoms with Gasteiger partial charge in [-0.2, -0.15) is 0 Å². The molecule has 0 aromatic heterocycles. The average molecular weight is 303 g/mol. The molecule has 2 unspecified atom stereocenters. The lowest BCUT2D eigenvalue weighted by Gasteiger charge is -2.29. The van der Waals surface area contributed by atoms with Gasteiger partial charge in [0.1, 0.15) is 11.8 Å². The van der Waals surface area contributed by atoms with E-state index in [1.807, 2.05) is 30.3 Å². The number of nitrogens with one attached hydrogen (secondary N) is 1. The van der Waals surface area contributed by atoms with E-state index in [1.165, 1.54) is 0 Å². The van der Waals surface area contributed by atoms with Crippen molar-refractivity contribution < 1.29 is 14.6 Å². The molecule has 0 saturated carbocycles. The average Bonchev–Trinajstić information content (AvgIpc) is 2.54. The lowest BCUT2D eigenvalue weighted by atomic mass is 10.0. The van der Waals surface area contributed by atoms with Gasteiger partial charge in [-0.1, -0.05) is 30.3 Å². The van der Waals surface area contributed by atoms with Crippen LogP contribution in [0.15, 0.2) is 36.4 Å². The predicted molar refractivity (Wildman–Crippen MR) is 84.9 cm³/mol. The zero-order valence-electron chi connectivity index (χ0n) is 11.7. The van der Waals surface area contributed by atoms with E-state index in [-0.39, 0.29) is 5.37 Å². The highest BCUT2D eigenvalue weighted by atomic mass is 32.2. The minimum atomic E-state index is -0.780. The SMILES string of the molecule is COc1ccc(C2NC(C(=O)O)CCS2)c2ccccc12. The number of thioether (sulfide) groups is 1. The van der Waals surface area contributed by atoms with E-state index in [0.29, 0.717) is 6.42 Å². The van der Waals surface area contributed by atoms with Crippen LogP contribution in [0.25, 0.3) is 10.8 Å². The molecule has 3 rings (SSSR count). The number of methoxy groups -OCH3 is 1. The number of hydrogen-bond donors (Lipinski definition) is 2. The van der Waals surface area contributed by atoms with Crippen LogP contribution in [-0.2, 0) is 4.79 Å². The van der Waals surface area contributed by atoms with Crippen molar-refractivity contribution in [1.29, 1.82) is 0 Å². The van der Waals surface area contributed by atoms with Crippen LogP contribution in [0.4, 0.5) is 0 Å². The van der Waals surface area contributed by atoms with E-state index in [0.717, 1.165) is 27.8 Å². The van der Waals surface area contributed by atoms with E-state index in [1.54, 1.807) is 18.9 Å². The van der Waals surface area contributed by atoms with E-state index >= 15 is 0 Å². The molecule has 0 bridgehead atoms. The molecule has 2 atom stereocenters. The molecular weight excluding hydrogens is 286 g/mol. The maximum atomic E-state index is 11.2. The van der Waals surface area contributed by atoms with Crippen LogP contribution in [0.5, 0.6) is 5.75 Å². The van der Waals surface area contributed by atoms with Gasteiger partial charge in [-0.25, -0.2) is 0 Å². The zero-order chi connectivity index (χ0) is 14.8. The van der Waals surface area contributed by atoms with Gasteiger partial charge < -0.3 is 9.84 Å². The molecule has 4 nitrogen and oxygen atoms in total. The largest absolute Gasteiger partial charge is 0.496 e. The lowest BCUT2D eigenvalue weighted by Crippen LogP contribution is -2.41. The van der Waals surface area contributed by atoms with Crippen molar-refractivity contribution >= 4 is 28.5 Å². The van der Waals surface area contributed by atoms with Crippen molar-refractivity contribution in [3.63, 3.8) is 0 Å². The van der Waals surface area contributed by atoms with Gasteiger partial charge in [0, 0.05) is 5.39 Å². The molecule has 1 aliphatic heterocycles. The van der Waals surface area contributed by atoms with Crippen LogP contribution in [0.1, 0.15) is 17.4 Å². The Kier molecular flexibility index (Phi) is 4.03. The second-order valence-corrected chi connectivity index (χ2v) is 6.21. The first-order valence-corrected chi connectivity index (χ1v) is 7.91. The molecule has 1 fully saturated rings. The van der Waals surface area contributed by atoms with Crippen LogP contribution in [0.3, 0.4) is 0 Å². The van der Waals surface area contributed by atoms with Crippen molar-refractivity contribution in [1.82, 2.24) is 5.32 Å². The second-order valence-electron chi connectivity index (χ2n) is 5.00. The molecule has 2 aromatic carbocycles. The summed E-state index contributed by atoms with van der Waals surface area (Å²) in [5.74, 6) is 0.901. The van der Waals surface area contributed by atoms with Gasteiger partial charge in [0.05, 0.1) is 12.5 Å². The van der Waals surface area contributed by atoms with Gasteiger partial charge in [0.15, 0.2) is 0 Å².